The number of carbonyl (C=O) groups is 1. The van der Waals surface area contributed by atoms with Crippen LogP contribution in [0.4, 0.5) is 0 Å². The monoisotopic (exact) mass is 396 g/mol. The van der Waals surface area contributed by atoms with Crippen molar-refractivity contribution < 1.29 is 22.7 Å². The van der Waals surface area contributed by atoms with Crippen LogP contribution in [0.2, 0.25) is 0 Å². The zero-order valence-corrected chi connectivity index (χ0v) is 17.0. The van der Waals surface area contributed by atoms with Gasteiger partial charge in [-0.1, -0.05) is 0 Å². The molecular weight excluding hydrogens is 368 g/mol. The second-order valence-corrected chi connectivity index (χ2v) is 9.35. The van der Waals surface area contributed by atoms with E-state index >= 15 is 0 Å². The molecule has 0 N–H and O–H groups in total. The Labute approximate surface area is 161 Å². The molecule has 2 fully saturated rings. The molecule has 1 aromatic rings. The summed E-state index contributed by atoms with van der Waals surface area (Å²) in [5.41, 5.74) is -0.161. The first-order chi connectivity index (χ1) is 12.8. The minimum atomic E-state index is -3.58. The summed E-state index contributed by atoms with van der Waals surface area (Å²) in [4.78, 5) is 13.9. The van der Waals surface area contributed by atoms with Crippen LogP contribution in [0.25, 0.3) is 0 Å². The van der Waals surface area contributed by atoms with E-state index in [0.29, 0.717) is 51.6 Å². The summed E-state index contributed by atoms with van der Waals surface area (Å²) in [7, 11) is -1.92. The van der Waals surface area contributed by atoms with E-state index in [0.717, 1.165) is 0 Å². The summed E-state index contributed by atoms with van der Waals surface area (Å²) in [5.74, 6) is 0.760. The molecule has 8 heteroatoms. The molecule has 3 rings (SSSR count). The van der Waals surface area contributed by atoms with Crippen molar-refractivity contribution in [3.63, 3.8) is 0 Å². The van der Waals surface area contributed by atoms with E-state index in [-0.39, 0.29) is 22.1 Å². The number of rotatable bonds is 6. The molecule has 27 heavy (non-hydrogen) atoms. The van der Waals surface area contributed by atoms with Gasteiger partial charge < -0.3 is 14.4 Å². The molecule has 2 atom stereocenters. The number of nitrogens with zero attached hydrogens (tertiary/aromatic N) is 2. The third kappa shape index (κ3) is 3.83. The first-order valence-corrected chi connectivity index (χ1v) is 10.7. The minimum Gasteiger partial charge on any atom is -0.494 e. The Morgan fingerprint density at radius 2 is 1.96 bits per heavy atom. The van der Waals surface area contributed by atoms with Gasteiger partial charge in [-0.05, 0) is 43.5 Å². The lowest BCUT2D eigenvalue weighted by atomic mass is 9.74. The summed E-state index contributed by atoms with van der Waals surface area (Å²) < 4.78 is 38.6. The fraction of sp³-hybridized carbons (Fsp3) is 0.632. The molecule has 0 saturated carbocycles. The number of likely N-dealkylation sites (tertiary alicyclic amines) is 1. The lowest BCUT2D eigenvalue weighted by Crippen LogP contribution is -2.50. The van der Waals surface area contributed by atoms with Gasteiger partial charge in [0.2, 0.25) is 15.9 Å². The van der Waals surface area contributed by atoms with E-state index < -0.39 is 10.0 Å². The number of benzene rings is 1. The van der Waals surface area contributed by atoms with E-state index in [1.807, 2.05) is 11.8 Å². The molecule has 1 amide bonds. The third-order valence-electron chi connectivity index (χ3n) is 5.75. The topological polar surface area (TPSA) is 76.2 Å². The number of methoxy groups -OCH3 is 1. The van der Waals surface area contributed by atoms with Gasteiger partial charge in [0.1, 0.15) is 5.75 Å². The number of carbonyl (C=O) groups excluding carboxylic acids is 1. The van der Waals surface area contributed by atoms with Crippen LogP contribution in [0.3, 0.4) is 0 Å². The van der Waals surface area contributed by atoms with Gasteiger partial charge >= 0.3 is 0 Å². The van der Waals surface area contributed by atoms with Gasteiger partial charge in [0.05, 0.1) is 18.1 Å². The summed E-state index contributed by atoms with van der Waals surface area (Å²) >= 11 is 0. The maximum atomic E-state index is 13.1. The highest BCUT2D eigenvalue weighted by Gasteiger charge is 2.51. The molecular formula is C19H28N2O5S. The van der Waals surface area contributed by atoms with Crippen molar-refractivity contribution in [2.75, 3.05) is 46.5 Å². The molecule has 2 unspecified atom stereocenters. The molecule has 0 aliphatic carbocycles. The highest BCUT2D eigenvalue weighted by atomic mass is 32.2. The number of sulfonamides is 1. The van der Waals surface area contributed by atoms with Gasteiger partial charge in [0.15, 0.2) is 0 Å². The lowest BCUT2D eigenvalue weighted by molar-refractivity contribution is -0.128. The Morgan fingerprint density at radius 1 is 1.26 bits per heavy atom. The first-order valence-electron chi connectivity index (χ1n) is 9.30. The molecule has 1 aromatic carbocycles. The average Bonchev–Trinajstić information content (AvgIpc) is 3.01. The standard InChI is InChI=1S/C19H28N2O5S/c1-4-26-17-5-7-18(8-6-17)27(23,24)21-10-9-19(14-25-3)13-20(15(2)22)11-16(19)12-21/h5-8,16H,4,9-14H2,1-3H3. The second kappa shape index (κ2) is 7.77. The van der Waals surface area contributed by atoms with Gasteiger partial charge in [0, 0.05) is 45.6 Å². The summed E-state index contributed by atoms with van der Waals surface area (Å²) in [5, 5.41) is 0. The van der Waals surface area contributed by atoms with Crippen LogP contribution < -0.4 is 4.74 Å². The molecule has 0 radical (unpaired) electrons. The highest BCUT2D eigenvalue weighted by Crippen LogP contribution is 2.44. The van der Waals surface area contributed by atoms with Crippen molar-refractivity contribution in [2.24, 2.45) is 11.3 Å². The maximum absolute atomic E-state index is 13.1. The van der Waals surface area contributed by atoms with E-state index in [9.17, 15) is 13.2 Å². The Balaban J connectivity index is 1.80. The molecule has 0 aromatic heterocycles. The van der Waals surface area contributed by atoms with Crippen LogP contribution in [-0.2, 0) is 19.6 Å². The van der Waals surface area contributed by atoms with Crippen LogP contribution >= 0.6 is 0 Å². The zero-order chi connectivity index (χ0) is 19.7. The Kier molecular flexibility index (Phi) is 5.79. The van der Waals surface area contributed by atoms with E-state index in [1.165, 1.54) is 0 Å². The van der Waals surface area contributed by atoms with Crippen molar-refractivity contribution in [1.29, 1.82) is 0 Å². The van der Waals surface area contributed by atoms with Crippen molar-refractivity contribution >= 4 is 15.9 Å². The number of fused-ring (bicyclic) bond motifs is 1. The summed E-state index contributed by atoms with van der Waals surface area (Å²) in [6.07, 6.45) is 0.686. The fourth-order valence-electron chi connectivity index (χ4n) is 4.26. The van der Waals surface area contributed by atoms with Gasteiger partial charge in [0.25, 0.3) is 0 Å². The molecule has 7 nitrogen and oxygen atoms in total. The van der Waals surface area contributed by atoms with Crippen molar-refractivity contribution in [3.05, 3.63) is 24.3 Å². The Bertz CT molecular complexity index is 780. The van der Waals surface area contributed by atoms with E-state index in [1.54, 1.807) is 42.6 Å². The van der Waals surface area contributed by atoms with Crippen LogP contribution in [-0.4, -0.2) is 70.0 Å². The summed E-state index contributed by atoms with van der Waals surface area (Å²) in [6.45, 7) is 6.57. The second-order valence-electron chi connectivity index (χ2n) is 7.41. The number of piperidine rings is 1. The Hall–Kier alpha value is -1.64. The highest BCUT2D eigenvalue weighted by molar-refractivity contribution is 7.89. The molecule has 2 heterocycles. The van der Waals surface area contributed by atoms with Crippen LogP contribution in [0.5, 0.6) is 5.75 Å². The number of amides is 1. The van der Waals surface area contributed by atoms with Crippen molar-refractivity contribution in [3.8, 4) is 5.75 Å². The fourth-order valence-corrected chi connectivity index (χ4v) is 5.74. The number of hydrogen-bond donors (Lipinski definition) is 0. The van der Waals surface area contributed by atoms with Crippen LogP contribution in [0, 0.1) is 11.3 Å². The zero-order valence-electron chi connectivity index (χ0n) is 16.2. The lowest BCUT2D eigenvalue weighted by Gasteiger charge is -2.42. The van der Waals surface area contributed by atoms with Gasteiger partial charge in [-0.3, -0.25) is 4.79 Å². The first kappa shape index (κ1) is 20.1. The molecule has 150 valence electrons. The predicted octanol–water partition coefficient (Wildman–Crippen LogP) is 1.59. The van der Waals surface area contributed by atoms with Gasteiger partial charge in [-0.2, -0.15) is 4.31 Å². The quantitative estimate of drug-likeness (QED) is 0.730. The van der Waals surface area contributed by atoms with Crippen LogP contribution in [0.1, 0.15) is 20.3 Å². The maximum Gasteiger partial charge on any atom is 0.243 e. The number of ether oxygens (including phenoxy) is 2. The summed E-state index contributed by atoms with van der Waals surface area (Å²) in [6, 6.07) is 6.55. The number of hydrogen-bond acceptors (Lipinski definition) is 5. The molecule has 0 spiro atoms. The third-order valence-corrected chi connectivity index (χ3v) is 7.62. The van der Waals surface area contributed by atoms with Crippen LogP contribution in [0.15, 0.2) is 29.2 Å². The molecule has 2 aliphatic rings. The normalized spacial score (nSPS) is 26.0. The molecule has 2 saturated heterocycles. The minimum absolute atomic E-state index is 0.0285. The Morgan fingerprint density at radius 3 is 2.56 bits per heavy atom. The smallest absolute Gasteiger partial charge is 0.243 e. The SMILES string of the molecule is CCOc1ccc(S(=O)(=O)N2CCC3(COC)CN(C(C)=O)CC3C2)cc1. The van der Waals surface area contributed by atoms with Gasteiger partial charge in [-0.25, -0.2) is 8.42 Å². The van der Waals surface area contributed by atoms with Crippen molar-refractivity contribution in [1.82, 2.24) is 9.21 Å². The van der Waals surface area contributed by atoms with E-state index in [2.05, 4.69) is 0 Å². The predicted molar refractivity (Wildman–Crippen MR) is 101 cm³/mol. The largest absolute Gasteiger partial charge is 0.494 e. The average molecular weight is 397 g/mol. The molecule has 2 aliphatic heterocycles. The molecule has 0 bridgehead atoms. The van der Waals surface area contributed by atoms with Gasteiger partial charge in [-0.15, -0.1) is 0 Å². The van der Waals surface area contributed by atoms with E-state index in [4.69, 9.17) is 9.47 Å². The van der Waals surface area contributed by atoms with Crippen molar-refractivity contribution in [2.45, 2.75) is 25.2 Å².